The molecule has 0 saturated heterocycles. The van der Waals surface area contributed by atoms with Crippen molar-refractivity contribution in [3.05, 3.63) is 23.4 Å². The number of ether oxygens (including phenoxy) is 1. The number of hydroxylamine groups is 2. The van der Waals surface area contributed by atoms with Crippen LogP contribution in [0.5, 0.6) is 0 Å². The van der Waals surface area contributed by atoms with E-state index in [4.69, 9.17) is 14.6 Å². The molecule has 0 atom stereocenters. The van der Waals surface area contributed by atoms with Crippen molar-refractivity contribution in [1.82, 2.24) is 10.0 Å². The first kappa shape index (κ1) is 18.7. The number of aromatic nitrogens is 1. The van der Waals surface area contributed by atoms with Crippen molar-refractivity contribution in [2.24, 2.45) is 0 Å². The van der Waals surface area contributed by atoms with Gasteiger partial charge in [0.1, 0.15) is 11.4 Å². The van der Waals surface area contributed by atoms with E-state index >= 15 is 0 Å². The van der Waals surface area contributed by atoms with Crippen LogP contribution in [0.1, 0.15) is 44.9 Å². The van der Waals surface area contributed by atoms with E-state index < -0.39 is 5.60 Å². The first-order valence-electron chi connectivity index (χ1n) is 8.55. The summed E-state index contributed by atoms with van der Waals surface area (Å²) < 4.78 is 5.52. The van der Waals surface area contributed by atoms with Crippen LogP contribution in [0.3, 0.4) is 0 Å². The van der Waals surface area contributed by atoms with E-state index in [-0.39, 0.29) is 6.09 Å². The first-order chi connectivity index (χ1) is 11.3. The highest BCUT2D eigenvalue weighted by Crippen LogP contribution is 2.27. The van der Waals surface area contributed by atoms with Gasteiger partial charge in [0.2, 0.25) is 0 Å². The molecule has 0 fully saturated rings. The number of fused-ring (bicyclic) bond motifs is 1. The molecule has 1 aromatic heterocycles. The zero-order chi connectivity index (χ0) is 17.7. The molecule has 0 bridgehead atoms. The van der Waals surface area contributed by atoms with E-state index in [1.54, 1.807) is 17.1 Å². The van der Waals surface area contributed by atoms with Crippen LogP contribution in [0.2, 0.25) is 0 Å². The highest BCUT2D eigenvalue weighted by molar-refractivity contribution is 5.88. The van der Waals surface area contributed by atoms with E-state index in [9.17, 15) is 4.79 Å². The van der Waals surface area contributed by atoms with Gasteiger partial charge in [-0.2, -0.15) is 5.06 Å². The summed E-state index contributed by atoms with van der Waals surface area (Å²) in [7, 11) is 3.57. The first-order valence-corrected chi connectivity index (χ1v) is 8.55. The average molecular weight is 335 g/mol. The largest absolute Gasteiger partial charge is 0.443 e. The Hall–Kier alpha value is -1.66. The SMILES string of the molecule is CON(C)CCCc1ccc2c(n1)N(C(=O)OC(C)(C)C)CCC2. The van der Waals surface area contributed by atoms with Crippen molar-refractivity contribution in [1.29, 1.82) is 0 Å². The molecular formula is C18H29N3O3. The van der Waals surface area contributed by atoms with Crippen molar-refractivity contribution in [2.75, 3.05) is 32.1 Å². The molecule has 134 valence electrons. The number of carbonyl (C=O) groups is 1. The minimum absolute atomic E-state index is 0.313. The van der Waals surface area contributed by atoms with Gasteiger partial charge in [-0.25, -0.2) is 9.78 Å². The average Bonchev–Trinajstić information content (AvgIpc) is 2.52. The molecule has 0 spiro atoms. The van der Waals surface area contributed by atoms with E-state index in [0.717, 1.165) is 49.3 Å². The molecule has 2 heterocycles. The lowest BCUT2D eigenvalue weighted by molar-refractivity contribution is -0.109. The summed E-state index contributed by atoms with van der Waals surface area (Å²) in [5.74, 6) is 0.757. The van der Waals surface area contributed by atoms with Crippen molar-refractivity contribution in [2.45, 2.75) is 52.1 Å². The van der Waals surface area contributed by atoms with Gasteiger partial charge >= 0.3 is 6.09 Å². The Morgan fingerprint density at radius 1 is 1.38 bits per heavy atom. The Labute approximate surface area is 144 Å². The number of anilines is 1. The van der Waals surface area contributed by atoms with Crippen molar-refractivity contribution in [3.63, 3.8) is 0 Å². The topological polar surface area (TPSA) is 54.9 Å². The molecule has 0 aliphatic carbocycles. The third kappa shape index (κ3) is 5.18. The Morgan fingerprint density at radius 3 is 2.79 bits per heavy atom. The Morgan fingerprint density at radius 2 is 2.12 bits per heavy atom. The number of rotatable bonds is 5. The van der Waals surface area contributed by atoms with Gasteiger partial charge in [-0.15, -0.1) is 0 Å². The van der Waals surface area contributed by atoms with Gasteiger partial charge in [0.25, 0.3) is 0 Å². The normalized spacial score (nSPS) is 14.7. The summed E-state index contributed by atoms with van der Waals surface area (Å²) in [5.41, 5.74) is 1.61. The summed E-state index contributed by atoms with van der Waals surface area (Å²) in [4.78, 5) is 24.0. The lowest BCUT2D eigenvalue weighted by Gasteiger charge is -2.31. The van der Waals surface area contributed by atoms with Crippen LogP contribution in [-0.2, 0) is 22.4 Å². The fraction of sp³-hybridized carbons (Fsp3) is 0.667. The highest BCUT2D eigenvalue weighted by Gasteiger charge is 2.28. The standard InChI is InChI=1S/C18H29N3O3/c1-18(2,3)24-17(22)21-13-6-8-14-10-11-15(19-16(14)21)9-7-12-20(4)23-5/h10-11H,6-9,12-13H2,1-5H3. The number of aryl methyl sites for hydroxylation is 2. The molecule has 6 nitrogen and oxygen atoms in total. The molecule has 0 saturated carbocycles. The third-order valence-electron chi connectivity index (χ3n) is 3.93. The Kier molecular flexibility index (Phi) is 6.18. The van der Waals surface area contributed by atoms with Crippen molar-refractivity contribution in [3.8, 4) is 0 Å². The molecule has 24 heavy (non-hydrogen) atoms. The maximum absolute atomic E-state index is 12.5. The van der Waals surface area contributed by atoms with Crippen LogP contribution < -0.4 is 4.90 Å². The van der Waals surface area contributed by atoms with Gasteiger partial charge in [-0.3, -0.25) is 4.90 Å². The number of hydrogen-bond acceptors (Lipinski definition) is 5. The zero-order valence-corrected chi connectivity index (χ0v) is 15.5. The molecule has 1 amide bonds. The minimum Gasteiger partial charge on any atom is -0.443 e. The number of amides is 1. The van der Waals surface area contributed by atoms with Gasteiger partial charge in [0.05, 0.1) is 7.11 Å². The fourth-order valence-electron chi connectivity index (χ4n) is 2.69. The zero-order valence-electron chi connectivity index (χ0n) is 15.5. The quantitative estimate of drug-likeness (QED) is 0.774. The van der Waals surface area contributed by atoms with E-state index in [1.807, 2.05) is 27.8 Å². The summed E-state index contributed by atoms with van der Waals surface area (Å²) in [6.07, 6.45) is 3.37. The molecule has 2 rings (SSSR count). The maximum Gasteiger partial charge on any atom is 0.416 e. The van der Waals surface area contributed by atoms with Crippen LogP contribution in [0, 0.1) is 0 Å². The van der Waals surface area contributed by atoms with Crippen LogP contribution >= 0.6 is 0 Å². The minimum atomic E-state index is -0.503. The highest BCUT2D eigenvalue weighted by atomic mass is 16.7. The smallest absolute Gasteiger partial charge is 0.416 e. The summed E-state index contributed by atoms with van der Waals surface area (Å²) >= 11 is 0. The van der Waals surface area contributed by atoms with Crippen molar-refractivity contribution >= 4 is 11.9 Å². The summed E-state index contributed by atoms with van der Waals surface area (Å²) in [5, 5.41) is 1.80. The van der Waals surface area contributed by atoms with Gasteiger partial charge in [-0.1, -0.05) is 6.07 Å². The second-order valence-corrected chi connectivity index (χ2v) is 7.16. The van der Waals surface area contributed by atoms with Gasteiger partial charge in [0, 0.05) is 25.8 Å². The van der Waals surface area contributed by atoms with Gasteiger partial charge in [-0.05, 0) is 58.1 Å². The van der Waals surface area contributed by atoms with E-state index in [1.165, 1.54) is 0 Å². The molecule has 1 aliphatic heterocycles. The second-order valence-electron chi connectivity index (χ2n) is 7.16. The molecular weight excluding hydrogens is 306 g/mol. The van der Waals surface area contributed by atoms with Crippen LogP contribution in [0.25, 0.3) is 0 Å². The molecule has 0 radical (unpaired) electrons. The number of nitrogens with zero attached hydrogens (tertiary/aromatic N) is 3. The lowest BCUT2D eigenvalue weighted by Crippen LogP contribution is -2.40. The third-order valence-corrected chi connectivity index (χ3v) is 3.93. The molecule has 0 aromatic carbocycles. The number of carbonyl (C=O) groups excluding carboxylic acids is 1. The fourth-order valence-corrected chi connectivity index (χ4v) is 2.69. The molecule has 6 heteroatoms. The van der Waals surface area contributed by atoms with Gasteiger partial charge in [0.15, 0.2) is 0 Å². The number of hydrogen-bond donors (Lipinski definition) is 0. The molecule has 1 aromatic rings. The molecule has 1 aliphatic rings. The number of pyridine rings is 1. The van der Waals surface area contributed by atoms with Crippen LogP contribution in [0.15, 0.2) is 12.1 Å². The summed E-state index contributed by atoms with van der Waals surface area (Å²) in [6, 6.07) is 4.15. The monoisotopic (exact) mass is 335 g/mol. The van der Waals surface area contributed by atoms with Crippen molar-refractivity contribution < 1.29 is 14.4 Å². The lowest BCUT2D eigenvalue weighted by atomic mass is 10.0. The van der Waals surface area contributed by atoms with Gasteiger partial charge < -0.3 is 9.57 Å². The molecule has 0 N–H and O–H groups in total. The predicted molar refractivity (Wildman–Crippen MR) is 94.1 cm³/mol. The predicted octanol–water partition coefficient (Wildman–Crippen LogP) is 3.20. The summed E-state index contributed by atoms with van der Waals surface area (Å²) in [6.45, 7) is 7.14. The second kappa shape index (κ2) is 7.94. The van der Waals surface area contributed by atoms with E-state index in [2.05, 4.69) is 12.1 Å². The van der Waals surface area contributed by atoms with Crippen LogP contribution in [0.4, 0.5) is 10.6 Å². The van der Waals surface area contributed by atoms with Crippen LogP contribution in [-0.4, -0.2) is 49.0 Å². The Bertz CT molecular complexity index is 569. The van der Waals surface area contributed by atoms with E-state index in [0.29, 0.717) is 6.54 Å². The maximum atomic E-state index is 12.5. The Balaban J connectivity index is 2.09. The molecule has 0 unspecified atom stereocenters.